The average Bonchev–Trinajstić information content (AvgIpc) is 2.40. The van der Waals surface area contributed by atoms with Gasteiger partial charge in [-0.2, -0.15) is 0 Å². The average molecular weight is 266 g/mol. The fourth-order valence-electron chi connectivity index (χ4n) is 2.68. The van der Waals surface area contributed by atoms with Gasteiger partial charge in [0.1, 0.15) is 5.82 Å². The summed E-state index contributed by atoms with van der Waals surface area (Å²) in [7, 11) is 0. The molecule has 0 bridgehead atoms. The number of aliphatic hydroxyl groups excluding tert-OH is 1. The summed E-state index contributed by atoms with van der Waals surface area (Å²) < 4.78 is 13.3. The topological polar surface area (TPSA) is 26.7 Å². The molecule has 19 heavy (non-hydrogen) atoms. The maximum absolute atomic E-state index is 13.3. The Balaban J connectivity index is 2.11. The molecule has 0 amide bonds. The van der Waals surface area contributed by atoms with Gasteiger partial charge in [-0.3, -0.25) is 4.90 Å². The van der Waals surface area contributed by atoms with Gasteiger partial charge < -0.3 is 10.0 Å². The number of anilines is 1. The Morgan fingerprint density at radius 1 is 1.26 bits per heavy atom. The molecule has 1 aromatic rings. The summed E-state index contributed by atoms with van der Waals surface area (Å²) in [6.45, 7) is 8.95. The second-order valence-corrected chi connectivity index (χ2v) is 5.21. The molecule has 1 atom stereocenters. The molecular weight excluding hydrogens is 243 g/mol. The van der Waals surface area contributed by atoms with Crippen LogP contribution in [0.1, 0.15) is 31.9 Å². The van der Waals surface area contributed by atoms with E-state index in [1.54, 1.807) is 13.0 Å². The molecule has 1 aliphatic heterocycles. The Hall–Kier alpha value is -1.13. The number of aliphatic hydroxyl groups is 1. The fourth-order valence-corrected chi connectivity index (χ4v) is 2.68. The molecule has 0 spiro atoms. The Morgan fingerprint density at radius 2 is 1.95 bits per heavy atom. The van der Waals surface area contributed by atoms with Crippen molar-refractivity contribution in [2.45, 2.75) is 26.4 Å². The first-order chi connectivity index (χ1) is 9.11. The number of piperazine rings is 1. The third-order valence-electron chi connectivity index (χ3n) is 3.69. The van der Waals surface area contributed by atoms with Gasteiger partial charge in [0.15, 0.2) is 0 Å². The highest BCUT2D eigenvalue weighted by atomic mass is 19.1. The van der Waals surface area contributed by atoms with Crippen LogP contribution in [0.15, 0.2) is 18.2 Å². The van der Waals surface area contributed by atoms with E-state index in [-0.39, 0.29) is 5.82 Å². The molecule has 0 aliphatic carbocycles. The normalized spacial score (nSPS) is 18.6. The van der Waals surface area contributed by atoms with Gasteiger partial charge in [-0.15, -0.1) is 0 Å². The first-order valence-corrected chi connectivity index (χ1v) is 7.06. The van der Waals surface area contributed by atoms with Gasteiger partial charge in [-0.1, -0.05) is 6.92 Å². The summed E-state index contributed by atoms with van der Waals surface area (Å²) in [4.78, 5) is 4.69. The van der Waals surface area contributed by atoms with Crippen molar-refractivity contribution >= 4 is 5.69 Å². The van der Waals surface area contributed by atoms with Crippen LogP contribution in [0, 0.1) is 5.82 Å². The molecule has 1 N–H and O–H groups in total. The molecule has 1 aliphatic rings. The molecule has 1 aromatic carbocycles. The van der Waals surface area contributed by atoms with E-state index < -0.39 is 6.10 Å². The number of hydrogen-bond acceptors (Lipinski definition) is 3. The molecule has 1 saturated heterocycles. The first-order valence-electron chi connectivity index (χ1n) is 7.06. The SMILES string of the molecule is CCCN1CCN(c2ccc(F)cc2C(C)O)CC1. The van der Waals surface area contributed by atoms with Gasteiger partial charge in [0.05, 0.1) is 6.10 Å². The van der Waals surface area contributed by atoms with Crippen molar-refractivity contribution in [2.75, 3.05) is 37.6 Å². The maximum Gasteiger partial charge on any atom is 0.123 e. The molecule has 1 unspecified atom stereocenters. The molecule has 4 heteroatoms. The minimum atomic E-state index is -0.639. The van der Waals surface area contributed by atoms with E-state index in [0.29, 0.717) is 5.56 Å². The Bertz CT molecular complexity index is 415. The van der Waals surface area contributed by atoms with Crippen molar-refractivity contribution in [1.82, 2.24) is 4.90 Å². The molecular formula is C15H23FN2O. The van der Waals surface area contributed by atoms with Crippen molar-refractivity contribution in [3.8, 4) is 0 Å². The smallest absolute Gasteiger partial charge is 0.123 e. The zero-order valence-corrected chi connectivity index (χ0v) is 11.8. The van der Waals surface area contributed by atoms with Gasteiger partial charge in [-0.05, 0) is 38.1 Å². The standard InChI is InChI=1S/C15H23FN2O/c1-3-6-17-7-9-18(10-8-17)15-5-4-13(16)11-14(15)12(2)19/h4-5,11-12,19H,3,6-10H2,1-2H3. The molecule has 0 radical (unpaired) electrons. The van der Waals surface area contributed by atoms with Gasteiger partial charge >= 0.3 is 0 Å². The van der Waals surface area contributed by atoms with Crippen LogP contribution in [-0.4, -0.2) is 42.7 Å². The van der Waals surface area contributed by atoms with Crippen LogP contribution in [0.5, 0.6) is 0 Å². The second-order valence-electron chi connectivity index (χ2n) is 5.21. The van der Waals surface area contributed by atoms with Crippen molar-refractivity contribution in [3.05, 3.63) is 29.6 Å². The quantitative estimate of drug-likeness (QED) is 0.906. The van der Waals surface area contributed by atoms with Crippen LogP contribution in [0.25, 0.3) is 0 Å². The van der Waals surface area contributed by atoms with Crippen molar-refractivity contribution in [3.63, 3.8) is 0 Å². The molecule has 3 nitrogen and oxygen atoms in total. The lowest BCUT2D eigenvalue weighted by atomic mass is 10.1. The van der Waals surface area contributed by atoms with E-state index in [1.807, 2.05) is 0 Å². The molecule has 1 heterocycles. The van der Waals surface area contributed by atoms with E-state index in [2.05, 4.69) is 16.7 Å². The highest BCUT2D eigenvalue weighted by Gasteiger charge is 2.20. The minimum Gasteiger partial charge on any atom is -0.389 e. The minimum absolute atomic E-state index is 0.288. The molecule has 2 rings (SSSR count). The number of hydrogen-bond donors (Lipinski definition) is 1. The maximum atomic E-state index is 13.3. The Labute approximate surface area is 114 Å². The first kappa shape index (κ1) is 14.3. The third kappa shape index (κ3) is 3.45. The monoisotopic (exact) mass is 266 g/mol. The Morgan fingerprint density at radius 3 is 2.53 bits per heavy atom. The highest BCUT2D eigenvalue weighted by Crippen LogP contribution is 2.28. The predicted octanol–water partition coefficient (Wildman–Crippen LogP) is 2.41. The molecule has 1 fully saturated rings. The predicted molar refractivity (Wildman–Crippen MR) is 76.0 cm³/mol. The summed E-state index contributed by atoms with van der Waals surface area (Å²) >= 11 is 0. The highest BCUT2D eigenvalue weighted by molar-refractivity contribution is 5.55. The van der Waals surface area contributed by atoms with Crippen LogP contribution in [0.3, 0.4) is 0 Å². The summed E-state index contributed by atoms with van der Waals surface area (Å²) in [5.74, 6) is -0.288. The lowest BCUT2D eigenvalue weighted by Crippen LogP contribution is -2.46. The van der Waals surface area contributed by atoms with E-state index in [4.69, 9.17) is 0 Å². The lowest BCUT2D eigenvalue weighted by Gasteiger charge is -2.37. The zero-order chi connectivity index (χ0) is 13.8. The van der Waals surface area contributed by atoms with Crippen LogP contribution in [-0.2, 0) is 0 Å². The summed E-state index contributed by atoms with van der Waals surface area (Å²) in [5.41, 5.74) is 1.65. The third-order valence-corrected chi connectivity index (χ3v) is 3.69. The van der Waals surface area contributed by atoms with Gasteiger partial charge in [-0.25, -0.2) is 4.39 Å². The van der Waals surface area contributed by atoms with Crippen LogP contribution >= 0.6 is 0 Å². The number of rotatable bonds is 4. The fraction of sp³-hybridized carbons (Fsp3) is 0.600. The van der Waals surface area contributed by atoms with Crippen molar-refractivity contribution < 1.29 is 9.50 Å². The van der Waals surface area contributed by atoms with Gasteiger partial charge in [0.25, 0.3) is 0 Å². The van der Waals surface area contributed by atoms with Crippen LogP contribution in [0.4, 0.5) is 10.1 Å². The molecule has 106 valence electrons. The van der Waals surface area contributed by atoms with Crippen molar-refractivity contribution in [2.24, 2.45) is 0 Å². The summed E-state index contributed by atoms with van der Waals surface area (Å²) in [6.07, 6.45) is 0.537. The molecule has 0 saturated carbocycles. The van der Waals surface area contributed by atoms with Crippen molar-refractivity contribution in [1.29, 1.82) is 0 Å². The molecule has 0 aromatic heterocycles. The largest absolute Gasteiger partial charge is 0.389 e. The van der Waals surface area contributed by atoms with E-state index >= 15 is 0 Å². The van der Waals surface area contributed by atoms with E-state index in [0.717, 1.165) is 38.4 Å². The number of halogens is 1. The van der Waals surface area contributed by atoms with Gasteiger partial charge in [0.2, 0.25) is 0 Å². The van der Waals surface area contributed by atoms with Gasteiger partial charge in [0, 0.05) is 37.4 Å². The van der Waals surface area contributed by atoms with Crippen LogP contribution in [0.2, 0.25) is 0 Å². The second kappa shape index (κ2) is 6.35. The zero-order valence-electron chi connectivity index (χ0n) is 11.8. The van der Waals surface area contributed by atoms with Crippen LogP contribution < -0.4 is 4.90 Å². The number of nitrogens with zero attached hydrogens (tertiary/aromatic N) is 2. The van der Waals surface area contributed by atoms with E-state index in [9.17, 15) is 9.50 Å². The van der Waals surface area contributed by atoms with E-state index in [1.165, 1.54) is 18.6 Å². The lowest BCUT2D eigenvalue weighted by molar-refractivity contribution is 0.198. The Kier molecular flexibility index (Phi) is 4.77. The summed E-state index contributed by atoms with van der Waals surface area (Å²) in [5, 5.41) is 9.79. The number of benzene rings is 1. The summed E-state index contributed by atoms with van der Waals surface area (Å²) in [6, 6.07) is 4.70.